The van der Waals surface area contributed by atoms with E-state index in [1.54, 1.807) is 19.1 Å². The molecule has 3 aromatic rings. The fraction of sp³-hybridized carbons (Fsp3) is 0.250. The second-order valence-corrected chi connectivity index (χ2v) is 5.93. The summed E-state index contributed by atoms with van der Waals surface area (Å²) in [5, 5.41) is 0.923. The Hall–Kier alpha value is -2.59. The van der Waals surface area contributed by atoms with Crippen molar-refractivity contribution in [3.05, 3.63) is 71.0 Å². The zero-order valence-electron chi connectivity index (χ0n) is 14.2. The number of nitrogens with zero attached hydrogens (tertiary/aromatic N) is 1. The summed E-state index contributed by atoms with van der Waals surface area (Å²) in [5.41, 5.74) is 3.79. The van der Waals surface area contributed by atoms with E-state index in [2.05, 4.69) is 0 Å². The highest BCUT2D eigenvalue weighted by atomic mass is 16.5. The van der Waals surface area contributed by atoms with Gasteiger partial charge >= 0.3 is 0 Å². The van der Waals surface area contributed by atoms with Gasteiger partial charge in [-0.3, -0.25) is 4.79 Å². The van der Waals surface area contributed by atoms with Gasteiger partial charge in [0.15, 0.2) is 5.76 Å². The first-order valence-electron chi connectivity index (χ1n) is 7.91. The zero-order valence-corrected chi connectivity index (χ0v) is 14.2. The summed E-state index contributed by atoms with van der Waals surface area (Å²) in [4.78, 5) is 14.6. The number of fused-ring (bicyclic) bond motifs is 1. The van der Waals surface area contributed by atoms with Gasteiger partial charge in [0.2, 0.25) is 0 Å². The number of methoxy groups -OCH3 is 1. The average Bonchev–Trinajstić information content (AvgIpc) is 2.95. The van der Waals surface area contributed by atoms with Crippen LogP contribution in [0.2, 0.25) is 0 Å². The number of amides is 1. The lowest BCUT2D eigenvalue weighted by molar-refractivity contribution is 0.0749. The van der Waals surface area contributed by atoms with Crippen molar-refractivity contribution in [1.29, 1.82) is 0 Å². The van der Waals surface area contributed by atoms with E-state index in [0.717, 1.165) is 16.5 Å². The number of aryl methyl sites for hydroxylation is 1. The van der Waals surface area contributed by atoms with E-state index in [9.17, 15) is 4.79 Å². The van der Waals surface area contributed by atoms with Gasteiger partial charge in [-0.15, -0.1) is 0 Å². The molecular weight excluding hydrogens is 302 g/mol. The first kappa shape index (κ1) is 16.3. The maximum atomic E-state index is 12.9. The van der Waals surface area contributed by atoms with Crippen LogP contribution < -0.4 is 0 Å². The fourth-order valence-corrected chi connectivity index (χ4v) is 2.85. The Morgan fingerprint density at radius 2 is 1.83 bits per heavy atom. The molecule has 0 saturated carbocycles. The molecule has 0 unspecified atom stereocenters. The third-order valence-corrected chi connectivity index (χ3v) is 4.20. The molecule has 1 heterocycles. The minimum absolute atomic E-state index is 0.137. The number of rotatable bonds is 5. The minimum atomic E-state index is -0.137. The highest BCUT2D eigenvalue weighted by molar-refractivity contribution is 5.98. The van der Waals surface area contributed by atoms with Crippen LogP contribution in [0.15, 0.2) is 52.9 Å². The van der Waals surface area contributed by atoms with Crippen LogP contribution in [0.1, 0.15) is 27.2 Å². The van der Waals surface area contributed by atoms with E-state index >= 15 is 0 Å². The van der Waals surface area contributed by atoms with Gasteiger partial charge in [0.1, 0.15) is 5.58 Å². The number of ether oxygens (including phenoxy) is 1. The zero-order chi connectivity index (χ0) is 17.1. The molecule has 0 spiro atoms. The van der Waals surface area contributed by atoms with E-state index in [0.29, 0.717) is 24.5 Å². The van der Waals surface area contributed by atoms with Gasteiger partial charge in [-0.05, 0) is 24.1 Å². The Kier molecular flexibility index (Phi) is 4.67. The largest absolute Gasteiger partial charge is 0.451 e. The molecule has 0 aliphatic heterocycles. The van der Waals surface area contributed by atoms with Crippen LogP contribution in [0.3, 0.4) is 0 Å². The quantitative estimate of drug-likeness (QED) is 0.708. The summed E-state index contributed by atoms with van der Waals surface area (Å²) in [6.07, 6.45) is 0. The Balaban J connectivity index is 1.93. The third kappa shape index (κ3) is 3.05. The van der Waals surface area contributed by atoms with Crippen LogP contribution in [0.25, 0.3) is 11.0 Å². The number of carbonyl (C=O) groups excluding carboxylic acids is 1. The SMILES string of the molecule is COCc1c(C(=O)N(C)Cc2ccccc2C)oc2ccccc12. The molecule has 0 radical (unpaired) electrons. The maximum Gasteiger partial charge on any atom is 0.290 e. The summed E-state index contributed by atoms with van der Waals surface area (Å²) in [7, 11) is 3.41. The Morgan fingerprint density at radius 3 is 2.58 bits per heavy atom. The smallest absolute Gasteiger partial charge is 0.290 e. The first-order chi connectivity index (χ1) is 11.6. The van der Waals surface area contributed by atoms with Crippen LogP contribution in [0, 0.1) is 6.92 Å². The number of hydrogen-bond acceptors (Lipinski definition) is 3. The number of furan rings is 1. The van der Waals surface area contributed by atoms with E-state index in [4.69, 9.17) is 9.15 Å². The van der Waals surface area contributed by atoms with Crippen LogP contribution in [-0.4, -0.2) is 25.0 Å². The van der Waals surface area contributed by atoms with Gasteiger partial charge in [-0.2, -0.15) is 0 Å². The number of para-hydroxylation sites is 1. The van der Waals surface area contributed by atoms with E-state index in [-0.39, 0.29) is 5.91 Å². The van der Waals surface area contributed by atoms with Crippen molar-refractivity contribution in [3.63, 3.8) is 0 Å². The van der Waals surface area contributed by atoms with Crippen molar-refractivity contribution in [1.82, 2.24) is 4.90 Å². The van der Waals surface area contributed by atoms with Crippen molar-refractivity contribution in [2.24, 2.45) is 0 Å². The van der Waals surface area contributed by atoms with Crippen molar-refractivity contribution < 1.29 is 13.9 Å². The van der Waals surface area contributed by atoms with Crippen LogP contribution in [0.4, 0.5) is 0 Å². The van der Waals surface area contributed by atoms with Crippen molar-refractivity contribution >= 4 is 16.9 Å². The second-order valence-electron chi connectivity index (χ2n) is 5.93. The summed E-state index contributed by atoms with van der Waals surface area (Å²) in [5.74, 6) is 0.218. The summed E-state index contributed by atoms with van der Waals surface area (Å²) < 4.78 is 11.1. The third-order valence-electron chi connectivity index (χ3n) is 4.20. The molecule has 1 amide bonds. The van der Waals surface area contributed by atoms with E-state index in [1.807, 2.05) is 55.5 Å². The minimum Gasteiger partial charge on any atom is -0.451 e. The first-order valence-corrected chi connectivity index (χ1v) is 7.91. The van der Waals surface area contributed by atoms with Gasteiger partial charge < -0.3 is 14.1 Å². The molecule has 2 aromatic carbocycles. The van der Waals surface area contributed by atoms with Crippen molar-refractivity contribution in [2.45, 2.75) is 20.1 Å². The van der Waals surface area contributed by atoms with E-state index < -0.39 is 0 Å². The Bertz CT molecular complexity index is 866. The van der Waals surface area contributed by atoms with Crippen LogP contribution in [-0.2, 0) is 17.9 Å². The molecule has 0 saturated heterocycles. The molecule has 4 nitrogen and oxygen atoms in total. The number of benzene rings is 2. The van der Waals surface area contributed by atoms with Crippen molar-refractivity contribution in [2.75, 3.05) is 14.2 Å². The summed E-state index contributed by atoms with van der Waals surface area (Å²) >= 11 is 0. The average molecular weight is 323 g/mol. The molecule has 3 rings (SSSR count). The monoisotopic (exact) mass is 323 g/mol. The lowest BCUT2D eigenvalue weighted by atomic mass is 10.1. The molecule has 0 N–H and O–H groups in total. The van der Waals surface area contributed by atoms with Gasteiger partial charge in [0.05, 0.1) is 6.61 Å². The molecule has 4 heteroatoms. The normalized spacial score (nSPS) is 11.0. The highest BCUT2D eigenvalue weighted by Crippen LogP contribution is 2.27. The predicted molar refractivity (Wildman–Crippen MR) is 93.9 cm³/mol. The molecule has 0 atom stereocenters. The standard InChI is InChI=1S/C20H21NO3/c1-14-8-4-5-9-15(14)12-21(2)20(22)19-17(13-23-3)16-10-6-7-11-18(16)24-19/h4-11H,12-13H2,1-3H3. The van der Waals surface area contributed by atoms with Crippen LogP contribution in [0.5, 0.6) is 0 Å². The molecule has 0 bridgehead atoms. The Labute approximate surface area is 141 Å². The van der Waals surface area contributed by atoms with Gasteiger partial charge in [0.25, 0.3) is 5.91 Å². The highest BCUT2D eigenvalue weighted by Gasteiger charge is 2.23. The Morgan fingerprint density at radius 1 is 1.12 bits per heavy atom. The van der Waals surface area contributed by atoms with Gasteiger partial charge in [-0.25, -0.2) is 0 Å². The second kappa shape index (κ2) is 6.89. The molecular formula is C20H21NO3. The lowest BCUT2D eigenvalue weighted by Crippen LogP contribution is -2.27. The number of hydrogen-bond donors (Lipinski definition) is 0. The summed E-state index contributed by atoms with van der Waals surface area (Å²) in [6.45, 7) is 2.93. The van der Waals surface area contributed by atoms with Gasteiger partial charge in [-0.1, -0.05) is 42.5 Å². The predicted octanol–water partition coefficient (Wildman–Crippen LogP) is 4.16. The molecule has 124 valence electrons. The molecule has 24 heavy (non-hydrogen) atoms. The molecule has 0 fully saturated rings. The van der Waals surface area contributed by atoms with Crippen molar-refractivity contribution in [3.8, 4) is 0 Å². The maximum absolute atomic E-state index is 12.9. The number of carbonyl (C=O) groups is 1. The lowest BCUT2D eigenvalue weighted by Gasteiger charge is -2.18. The molecule has 0 aliphatic rings. The topological polar surface area (TPSA) is 42.7 Å². The van der Waals surface area contributed by atoms with E-state index in [1.165, 1.54) is 5.56 Å². The van der Waals surface area contributed by atoms with Crippen LogP contribution >= 0.6 is 0 Å². The van der Waals surface area contributed by atoms with Gasteiger partial charge in [0, 0.05) is 31.7 Å². The fourth-order valence-electron chi connectivity index (χ4n) is 2.85. The molecule has 0 aliphatic carbocycles. The molecule has 1 aromatic heterocycles. The summed E-state index contributed by atoms with van der Waals surface area (Å²) in [6, 6.07) is 15.7.